The number of nitrogens with zero attached hydrogens (tertiary/aromatic N) is 1. The molecule has 0 N–H and O–H groups in total. The molecule has 27 heavy (non-hydrogen) atoms. The standard InChI is InChI=1S/C20H12F3NO3/c21-20(22,23)27-15-4-1-3-13(11-15)6-9-19-24-16-12-14(7-8-18(16)26-19)17-5-2-10-25-17/h1-12H. The van der Waals surface area contributed by atoms with E-state index < -0.39 is 6.36 Å². The molecule has 4 nitrogen and oxygen atoms in total. The van der Waals surface area contributed by atoms with E-state index in [4.69, 9.17) is 8.83 Å². The first-order valence-electron chi connectivity index (χ1n) is 7.95. The molecule has 0 spiro atoms. The van der Waals surface area contributed by atoms with Gasteiger partial charge >= 0.3 is 6.36 Å². The monoisotopic (exact) mass is 371 g/mol. The molecular formula is C20H12F3NO3. The summed E-state index contributed by atoms with van der Waals surface area (Å²) in [7, 11) is 0. The van der Waals surface area contributed by atoms with E-state index in [0.717, 1.165) is 11.3 Å². The van der Waals surface area contributed by atoms with Crippen LogP contribution < -0.4 is 4.74 Å². The van der Waals surface area contributed by atoms with Gasteiger partial charge in [0, 0.05) is 11.6 Å². The van der Waals surface area contributed by atoms with Crippen LogP contribution in [0.5, 0.6) is 5.75 Å². The van der Waals surface area contributed by atoms with E-state index in [1.54, 1.807) is 36.6 Å². The van der Waals surface area contributed by atoms with E-state index in [1.165, 1.54) is 18.2 Å². The van der Waals surface area contributed by atoms with Crippen molar-refractivity contribution in [2.24, 2.45) is 0 Å². The summed E-state index contributed by atoms with van der Waals surface area (Å²) >= 11 is 0. The van der Waals surface area contributed by atoms with E-state index in [1.807, 2.05) is 18.2 Å². The SMILES string of the molecule is FC(F)(F)Oc1cccc(C=Cc2nc3cc(-c4ccco4)ccc3o2)c1. The minimum absolute atomic E-state index is 0.287. The molecule has 2 aromatic heterocycles. The van der Waals surface area contributed by atoms with E-state index in [9.17, 15) is 13.2 Å². The Balaban J connectivity index is 1.57. The van der Waals surface area contributed by atoms with Crippen molar-refractivity contribution in [2.45, 2.75) is 6.36 Å². The summed E-state index contributed by atoms with van der Waals surface area (Å²) in [5, 5.41) is 0. The number of benzene rings is 2. The fourth-order valence-corrected chi connectivity index (χ4v) is 2.60. The fraction of sp³-hybridized carbons (Fsp3) is 0.0500. The average Bonchev–Trinajstić information content (AvgIpc) is 3.27. The van der Waals surface area contributed by atoms with Crippen LogP contribution in [0.4, 0.5) is 13.2 Å². The number of hydrogen-bond acceptors (Lipinski definition) is 4. The lowest BCUT2D eigenvalue weighted by Crippen LogP contribution is -2.17. The predicted molar refractivity (Wildman–Crippen MR) is 93.8 cm³/mol. The molecule has 0 aliphatic heterocycles. The van der Waals surface area contributed by atoms with Crippen LogP contribution >= 0.6 is 0 Å². The number of aromatic nitrogens is 1. The van der Waals surface area contributed by atoms with Crippen LogP contribution in [0.3, 0.4) is 0 Å². The maximum absolute atomic E-state index is 12.3. The normalized spacial score (nSPS) is 12.1. The quantitative estimate of drug-likeness (QED) is 0.431. The lowest BCUT2D eigenvalue weighted by molar-refractivity contribution is -0.274. The number of hydrogen-bond donors (Lipinski definition) is 0. The zero-order chi connectivity index (χ0) is 18.9. The Morgan fingerprint density at radius 2 is 1.85 bits per heavy atom. The minimum Gasteiger partial charge on any atom is -0.464 e. The number of furan rings is 1. The maximum atomic E-state index is 12.3. The average molecular weight is 371 g/mol. The lowest BCUT2D eigenvalue weighted by Gasteiger charge is -2.08. The second kappa shape index (κ2) is 6.68. The Morgan fingerprint density at radius 3 is 2.63 bits per heavy atom. The molecule has 0 fully saturated rings. The van der Waals surface area contributed by atoms with Crippen molar-refractivity contribution in [1.82, 2.24) is 4.98 Å². The van der Waals surface area contributed by atoms with Gasteiger partial charge in [-0.15, -0.1) is 13.2 Å². The highest BCUT2D eigenvalue weighted by atomic mass is 19.4. The molecule has 0 saturated carbocycles. The van der Waals surface area contributed by atoms with Crippen molar-refractivity contribution < 1.29 is 26.7 Å². The molecule has 2 aromatic carbocycles. The van der Waals surface area contributed by atoms with Crippen molar-refractivity contribution >= 4 is 23.3 Å². The zero-order valence-electron chi connectivity index (χ0n) is 13.7. The van der Waals surface area contributed by atoms with E-state index in [0.29, 0.717) is 22.6 Å². The van der Waals surface area contributed by atoms with Crippen LogP contribution in [0.1, 0.15) is 11.5 Å². The van der Waals surface area contributed by atoms with E-state index in [2.05, 4.69) is 9.72 Å². The Labute approximate surface area is 151 Å². The van der Waals surface area contributed by atoms with E-state index in [-0.39, 0.29) is 5.75 Å². The summed E-state index contributed by atoms with van der Waals surface area (Å²) in [5.41, 5.74) is 2.64. The first kappa shape index (κ1) is 17.0. The molecule has 7 heteroatoms. The smallest absolute Gasteiger partial charge is 0.464 e. The topological polar surface area (TPSA) is 48.4 Å². The van der Waals surface area contributed by atoms with Crippen LogP contribution in [0, 0.1) is 0 Å². The molecule has 2 heterocycles. The first-order valence-corrected chi connectivity index (χ1v) is 7.95. The van der Waals surface area contributed by atoms with Gasteiger partial charge in [-0.05, 0) is 54.1 Å². The Morgan fingerprint density at radius 1 is 0.963 bits per heavy atom. The van der Waals surface area contributed by atoms with Gasteiger partial charge in [0.05, 0.1) is 6.26 Å². The molecule has 0 aliphatic rings. The Kier molecular flexibility index (Phi) is 4.19. The van der Waals surface area contributed by atoms with Gasteiger partial charge < -0.3 is 13.6 Å². The van der Waals surface area contributed by atoms with Gasteiger partial charge in [0.15, 0.2) is 5.58 Å². The largest absolute Gasteiger partial charge is 0.573 e. The Bertz CT molecular complexity index is 1100. The van der Waals surface area contributed by atoms with Gasteiger partial charge in [0.2, 0.25) is 5.89 Å². The van der Waals surface area contributed by atoms with Crippen LogP contribution in [-0.2, 0) is 0 Å². The van der Waals surface area contributed by atoms with Crippen molar-refractivity contribution in [3.63, 3.8) is 0 Å². The van der Waals surface area contributed by atoms with Gasteiger partial charge in [0.25, 0.3) is 0 Å². The molecule has 4 aromatic rings. The molecule has 0 amide bonds. The van der Waals surface area contributed by atoms with Crippen molar-refractivity contribution in [3.8, 4) is 17.1 Å². The number of oxazole rings is 1. The molecule has 0 atom stereocenters. The zero-order valence-corrected chi connectivity index (χ0v) is 13.7. The summed E-state index contributed by atoms with van der Waals surface area (Å²) < 4.78 is 51.8. The summed E-state index contributed by atoms with van der Waals surface area (Å²) in [5.74, 6) is 0.771. The molecule has 0 radical (unpaired) electrons. The summed E-state index contributed by atoms with van der Waals surface area (Å²) in [6.45, 7) is 0. The van der Waals surface area contributed by atoms with Gasteiger partial charge in [-0.25, -0.2) is 4.98 Å². The molecule has 0 bridgehead atoms. The van der Waals surface area contributed by atoms with Crippen LogP contribution in [0.15, 0.2) is 69.7 Å². The van der Waals surface area contributed by atoms with Crippen molar-refractivity contribution in [3.05, 3.63) is 72.3 Å². The Hall–Kier alpha value is -3.48. The van der Waals surface area contributed by atoms with Gasteiger partial charge in [-0.3, -0.25) is 0 Å². The highest BCUT2D eigenvalue weighted by molar-refractivity contribution is 5.81. The lowest BCUT2D eigenvalue weighted by atomic mass is 10.1. The fourth-order valence-electron chi connectivity index (χ4n) is 2.60. The third-order valence-corrected chi connectivity index (χ3v) is 3.72. The molecule has 0 saturated heterocycles. The van der Waals surface area contributed by atoms with Gasteiger partial charge in [-0.2, -0.15) is 0 Å². The van der Waals surface area contributed by atoms with Gasteiger partial charge in [0.1, 0.15) is 17.0 Å². The highest BCUT2D eigenvalue weighted by Gasteiger charge is 2.31. The van der Waals surface area contributed by atoms with Crippen LogP contribution in [-0.4, -0.2) is 11.3 Å². The number of halogens is 3. The highest BCUT2D eigenvalue weighted by Crippen LogP contribution is 2.26. The number of alkyl halides is 3. The third kappa shape index (κ3) is 4.03. The van der Waals surface area contributed by atoms with Crippen molar-refractivity contribution in [1.29, 1.82) is 0 Å². The summed E-state index contributed by atoms with van der Waals surface area (Å²) in [4.78, 5) is 4.37. The minimum atomic E-state index is -4.73. The van der Waals surface area contributed by atoms with Gasteiger partial charge in [-0.1, -0.05) is 12.1 Å². The molecular weight excluding hydrogens is 359 g/mol. The maximum Gasteiger partial charge on any atom is 0.573 e. The van der Waals surface area contributed by atoms with E-state index >= 15 is 0 Å². The second-order valence-electron chi connectivity index (χ2n) is 5.67. The number of fused-ring (bicyclic) bond motifs is 1. The van der Waals surface area contributed by atoms with Crippen molar-refractivity contribution in [2.75, 3.05) is 0 Å². The second-order valence-corrected chi connectivity index (χ2v) is 5.67. The third-order valence-electron chi connectivity index (χ3n) is 3.72. The van der Waals surface area contributed by atoms with Crippen LogP contribution in [0.25, 0.3) is 34.6 Å². The molecule has 0 unspecified atom stereocenters. The molecule has 0 aliphatic carbocycles. The molecule has 136 valence electrons. The number of rotatable bonds is 4. The predicted octanol–water partition coefficient (Wildman–Crippen LogP) is 6.16. The first-order chi connectivity index (χ1) is 13.0. The molecule has 4 rings (SSSR count). The summed E-state index contributed by atoms with van der Waals surface area (Å²) in [6, 6.07) is 14.8. The number of ether oxygens (including phenoxy) is 1. The summed E-state index contributed by atoms with van der Waals surface area (Å²) in [6.07, 6.45) is 0.0437. The van der Waals surface area contributed by atoms with Crippen LogP contribution in [0.2, 0.25) is 0 Å².